The third kappa shape index (κ3) is 4.87. The van der Waals surface area contributed by atoms with Crippen LogP contribution in [0.1, 0.15) is 25.8 Å². The Bertz CT molecular complexity index is 366. The summed E-state index contributed by atoms with van der Waals surface area (Å²) < 4.78 is 0. The second-order valence-electron chi connectivity index (χ2n) is 4.11. The van der Waals surface area contributed by atoms with Crippen molar-refractivity contribution >= 4 is 5.91 Å². The maximum absolute atomic E-state index is 11.5. The van der Waals surface area contributed by atoms with Gasteiger partial charge in [-0.3, -0.25) is 4.79 Å². The molecule has 0 aliphatic rings. The fourth-order valence-corrected chi connectivity index (χ4v) is 1.40. The van der Waals surface area contributed by atoms with E-state index < -0.39 is 0 Å². The maximum Gasteiger partial charge on any atom is 0.234 e. The van der Waals surface area contributed by atoms with Gasteiger partial charge in [-0.2, -0.15) is 0 Å². The summed E-state index contributed by atoms with van der Waals surface area (Å²) in [5.74, 6) is 0.233. The van der Waals surface area contributed by atoms with E-state index in [9.17, 15) is 9.90 Å². The molecular weight excluding hydrogens is 216 g/mol. The van der Waals surface area contributed by atoms with Crippen LogP contribution >= 0.6 is 0 Å². The molecule has 1 aromatic carbocycles. The standard InChI is InChI=1S/C13H20N2O2/c1-3-10(2)15-13(17)9-14-8-11-6-4-5-7-12(11)16/h4-7,10,14,16H,3,8-9H2,1-2H3,(H,15,17). The van der Waals surface area contributed by atoms with Crippen LogP contribution in [-0.4, -0.2) is 23.6 Å². The zero-order valence-electron chi connectivity index (χ0n) is 10.4. The molecule has 17 heavy (non-hydrogen) atoms. The highest BCUT2D eigenvalue weighted by atomic mass is 16.3. The summed E-state index contributed by atoms with van der Waals surface area (Å²) in [6.07, 6.45) is 0.922. The lowest BCUT2D eigenvalue weighted by Gasteiger charge is -2.12. The van der Waals surface area contributed by atoms with E-state index in [-0.39, 0.29) is 24.2 Å². The number of hydrogen-bond donors (Lipinski definition) is 3. The summed E-state index contributed by atoms with van der Waals surface area (Å²) in [4.78, 5) is 11.5. The van der Waals surface area contributed by atoms with Crippen LogP contribution in [0.15, 0.2) is 24.3 Å². The molecule has 0 spiro atoms. The smallest absolute Gasteiger partial charge is 0.234 e. The number of nitrogens with one attached hydrogen (secondary N) is 2. The second kappa shape index (κ2) is 6.91. The average molecular weight is 236 g/mol. The van der Waals surface area contributed by atoms with Crippen LogP contribution in [0.2, 0.25) is 0 Å². The van der Waals surface area contributed by atoms with E-state index in [2.05, 4.69) is 10.6 Å². The van der Waals surface area contributed by atoms with Crippen LogP contribution in [0, 0.1) is 0 Å². The Morgan fingerprint density at radius 2 is 2.12 bits per heavy atom. The fraction of sp³-hybridized carbons (Fsp3) is 0.462. The van der Waals surface area contributed by atoms with Gasteiger partial charge in [0.05, 0.1) is 6.54 Å². The van der Waals surface area contributed by atoms with Crippen LogP contribution < -0.4 is 10.6 Å². The van der Waals surface area contributed by atoms with Crippen molar-refractivity contribution in [3.63, 3.8) is 0 Å². The molecule has 0 saturated carbocycles. The number of amides is 1. The van der Waals surface area contributed by atoms with Crippen molar-refractivity contribution in [2.75, 3.05) is 6.54 Å². The molecule has 0 aliphatic heterocycles. The Morgan fingerprint density at radius 3 is 2.76 bits per heavy atom. The summed E-state index contributed by atoms with van der Waals surface area (Å²) in [7, 11) is 0. The summed E-state index contributed by atoms with van der Waals surface area (Å²) in [6, 6.07) is 7.30. The molecule has 1 aromatic rings. The number of carbonyl (C=O) groups excluding carboxylic acids is 1. The van der Waals surface area contributed by atoms with Crippen LogP contribution in [0.3, 0.4) is 0 Å². The third-order valence-corrected chi connectivity index (χ3v) is 2.61. The lowest BCUT2D eigenvalue weighted by Crippen LogP contribution is -2.38. The SMILES string of the molecule is CCC(C)NC(=O)CNCc1ccccc1O. The lowest BCUT2D eigenvalue weighted by atomic mass is 10.2. The first-order chi connectivity index (χ1) is 8.13. The monoisotopic (exact) mass is 236 g/mol. The minimum Gasteiger partial charge on any atom is -0.508 e. The molecule has 0 saturated heterocycles. The topological polar surface area (TPSA) is 61.4 Å². The first-order valence-corrected chi connectivity index (χ1v) is 5.90. The summed E-state index contributed by atoms with van der Waals surface area (Å²) in [6.45, 7) is 4.75. The normalized spacial score (nSPS) is 12.1. The van der Waals surface area contributed by atoms with Gasteiger partial charge in [0.2, 0.25) is 5.91 Å². The van der Waals surface area contributed by atoms with E-state index in [0.717, 1.165) is 12.0 Å². The second-order valence-corrected chi connectivity index (χ2v) is 4.11. The Labute approximate surface area is 102 Å². The van der Waals surface area contributed by atoms with Gasteiger partial charge in [-0.05, 0) is 19.4 Å². The molecule has 1 amide bonds. The van der Waals surface area contributed by atoms with Gasteiger partial charge in [-0.1, -0.05) is 25.1 Å². The molecule has 1 atom stereocenters. The van der Waals surface area contributed by atoms with Crippen molar-refractivity contribution in [3.05, 3.63) is 29.8 Å². The van der Waals surface area contributed by atoms with E-state index in [1.165, 1.54) is 0 Å². The van der Waals surface area contributed by atoms with Crippen molar-refractivity contribution in [1.29, 1.82) is 0 Å². The van der Waals surface area contributed by atoms with Gasteiger partial charge >= 0.3 is 0 Å². The van der Waals surface area contributed by atoms with Crippen molar-refractivity contribution in [2.45, 2.75) is 32.9 Å². The van der Waals surface area contributed by atoms with Crippen LogP contribution in [0.25, 0.3) is 0 Å². The Hall–Kier alpha value is -1.55. The molecule has 0 aliphatic carbocycles. The highest BCUT2D eigenvalue weighted by Gasteiger charge is 2.05. The number of hydrogen-bond acceptors (Lipinski definition) is 3. The van der Waals surface area contributed by atoms with E-state index in [4.69, 9.17) is 0 Å². The van der Waals surface area contributed by atoms with Gasteiger partial charge in [0.15, 0.2) is 0 Å². The maximum atomic E-state index is 11.5. The summed E-state index contributed by atoms with van der Waals surface area (Å²) >= 11 is 0. The van der Waals surface area contributed by atoms with E-state index in [0.29, 0.717) is 6.54 Å². The molecule has 0 heterocycles. The van der Waals surface area contributed by atoms with Crippen molar-refractivity contribution < 1.29 is 9.90 Å². The van der Waals surface area contributed by atoms with Crippen molar-refractivity contribution in [2.24, 2.45) is 0 Å². The molecule has 0 bridgehead atoms. The number of phenolic OH excluding ortho intramolecular Hbond substituents is 1. The largest absolute Gasteiger partial charge is 0.508 e. The number of carbonyl (C=O) groups is 1. The zero-order valence-corrected chi connectivity index (χ0v) is 10.4. The Morgan fingerprint density at radius 1 is 1.41 bits per heavy atom. The number of phenols is 1. The third-order valence-electron chi connectivity index (χ3n) is 2.61. The number of aromatic hydroxyl groups is 1. The van der Waals surface area contributed by atoms with Gasteiger partial charge in [0.1, 0.15) is 5.75 Å². The fourth-order valence-electron chi connectivity index (χ4n) is 1.40. The quantitative estimate of drug-likeness (QED) is 0.699. The average Bonchev–Trinajstić information content (AvgIpc) is 2.31. The first-order valence-electron chi connectivity index (χ1n) is 5.90. The lowest BCUT2D eigenvalue weighted by molar-refractivity contribution is -0.120. The number of rotatable bonds is 6. The molecule has 0 aromatic heterocycles. The Balaban J connectivity index is 2.29. The molecule has 0 radical (unpaired) electrons. The molecule has 4 heteroatoms. The molecular formula is C13H20N2O2. The number of para-hydroxylation sites is 1. The van der Waals surface area contributed by atoms with Crippen LogP contribution in [-0.2, 0) is 11.3 Å². The van der Waals surface area contributed by atoms with Gasteiger partial charge in [-0.15, -0.1) is 0 Å². The van der Waals surface area contributed by atoms with Crippen LogP contribution in [0.5, 0.6) is 5.75 Å². The predicted molar refractivity (Wildman–Crippen MR) is 67.7 cm³/mol. The van der Waals surface area contributed by atoms with Gasteiger partial charge in [0.25, 0.3) is 0 Å². The molecule has 1 unspecified atom stereocenters. The molecule has 1 rings (SSSR count). The molecule has 3 N–H and O–H groups in total. The van der Waals surface area contributed by atoms with E-state index >= 15 is 0 Å². The van der Waals surface area contributed by atoms with Gasteiger partial charge in [-0.25, -0.2) is 0 Å². The predicted octanol–water partition coefficient (Wildman–Crippen LogP) is 1.40. The zero-order chi connectivity index (χ0) is 12.7. The van der Waals surface area contributed by atoms with Gasteiger partial charge in [0, 0.05) is 18.2 Å². The van der Waals surface area contributed by atoms with E-state index in [1.54, 1.807) is 12.1 Å². The molecule has 94 valence electrons. The number of benzene rings is 1. The highest BCUT2D eigenvalue weighted by Crippen LogP contribution is 2.14. The molecule has 0 fully saturated rings. The van der Waals surface area contributed by atoms with E-state index in [1.807, 2.05) is 26.0 Å². The molecule has 4 nitrogen and oxygen atoms in total. The minimum atomic E-state index is -0.0187. The van der Waals surface area contributed by atoms with Crippen molar-refractivity contribution in [3.8, 4) is 5.75 Å². The highest BCUT2D eigenvalue weighted by molar-refractivity contribution is 5.78. The Kier molecular flexibility index (Phi) is 5.49. The van der Waals surface area contributed by atoms with Crippen molar-refractivity contribution in [1.82, 2.24) is 10.6 Å². The minimum absolute atomic E-state index is 0.0187. The van der Waals surface area contributed by atoms with Gasteiger partial charge < -0.3 is 15.7 Å². The summed E-state index contributed by atoms with van der Waals surface area (Å²) in [5.41, 5.74) is 0.795. The first kappa shape index (κ1) is 13.5. The summed E-state index contributed by atoms with van der Waals surface area (Å²) in [5, 5.41) is 15.4. The van der Waals surface area contributed by atoms with Crippen LogP contribution in [0.4, 0.5) is 0 Å².